The zero-order valence-electron chi connectivity index (χ0n) is 16.7. The summed E-state index contributed by atoms with van der Waals surface area (Å²) >= 11 is 0. The summed E-state index contributed by atoms with van der Waals surface area (Å²) in [5.41, 5.74) is 1.02. The van der Waals surface area contributed by atoms with Gasteiger partial charge in [-0.25, -0.2) is 17.6 Å². The molecule has 15 heteroatoms. The molecule has 5 nitrogen and oxygen atoms in total. The molecule has 3 rings (SSSR count). The van der Waals surface area contributed by atoms with Crippen molar-refractivity contribution in [3.63, 3.8) is 0 Å². The second-order valence-corrected chi connectivity index (χ2v) is 6.54. The second-order valence-electron chi connectivity index (χ2n) is 6.54. The van der Waals surface area contributed by atoms with Gasteiger partial charge in [0.25, 0.3) is 0 Å². The van der Waals surface area contributed by atoms with Crippen molar-refractivity contribution in [2.24, 2.45) is 0 Å². The number of nitrogens with zero attached hydrogens (tertiary/aromatic N) is 2. The summed E-state index contributed by atoms with van der Waals surface area (Å²) in [5.74, 6) is -5.72. The predicted molar refractivity (Wildman–Crippen MR) is 99.6 cm³/mol. The molecule has 0 amide bonds. The summed E-state index contributed by atoms with van der Waals surface area (Å²) in [6, 6.07) is 3.70. The van der Waals surface area contributed by atoms with E-state index >= 15 is 0 Å². The number of hydrogen-bond donors (Lipinski definition) is 2. The van der Waals surface area contributed by atoms with Crippen LogP contribution in [-0.2, 0) is 12.4 Å². The van der Waals surface area contributed by atoms with Gasteiger partial charge in [0.05, 0.1) is 16.7 Å². The topological polar surface area (TPSA) is 95.6 Å². The average Bonchev–Trinajstić information content (AvgIpc) is 3.10. The maximum atomic E-state index is 13.5. The number of nitrogen functional groups attached to an aromatic ring is 1. The molecule has 186 valence electrons. The molecule has 0 aliphatic rings. The van der Waals surface area contributed by atoms with Gasteiger partial charge in [-0.05, 0) is 36.4 Å². The number of aromatic nitrogens is 2. The monoisotopic (exact) mass is 512 g/mol. The minimum absolute atomic E-state index is 0.0807. The molecular weight excluding hydrogens is 502 g/mol. The number of nitriles is 1. The van der Waals surface area contributed by atoms with Gasteiger partial charge < -0.3 is 5.73 Å². The lowest BCUT2D eigenvalue weighted by Gasteiger charge is -2.08. The van der Waals surface area contributed by atoms with E-state index in [1.807, 2.05) is 0 Å². The van der Waals surface area contributed by atoms with Crippen molar-refractivity contribution in [2.75, 3.05) is 5.73 Å². The van der Waals surface area contributed by atoms with Crippen molar-refractivity contribution in [3.8, 4) is 17.3 Å². The van der Waals surface area contributed by atoms with Crippen LogP contribution >= 0.6 is 0 Å². The van der Waals surface area contributed by atoms with Crippen molar-refractivity contribution < 1.29 is 48.7 Å². The normalized spacial score (nSPS) is 12.4. The molecular formula is C20H10F10N4O. The molecule has 3 N–H and O–H groups in total. The molecule has 0 radical (unpaired) electrons. The Balaban J connectivity index is 0.000000247. The third-order valence-corrected chi connectivity index (χ3v) is 4.20. The number of halogens is 10. The van der Waals surface area contributed by atoms with E-state index in [1.54, 1.807) is 0 Å². The van der Waals surface area contributed by atoms with Crippen molar-refractivity contribution >= 4 is 11.6 Å². The molecule has 0 saturated carbocycles. The first kappa shape index (κ1) is 27.2. The van der Waals surface area contributed by atoms with Crippen molar-refractivity contribution in [2.45, 2.75) is 18.5 Å². The number of hydrogen-bond acceptors (Lipinski definition) is 4. The molecule has 0 fully saturated rings. The maximum absolute atomic E-state index is 13.5. The number of ketones is 1. The predicted octanol–water partition coefficient (Wildman–Crippen LogP) is 5.84. The Morgan fingerprint density at radius 2 is 1.46 bits per heavy atom. The molecule has 0 aliphatic carbocycles. The number of Topliss-reactive ketones (excluding diaryl/α,β-unsaturated/α-hetero) is 1. The quantitative estimate of drug-likeness (QED) is 0.340. The number of nitrogens with two attached hydrogens (primary N) is 1. The number of anilines is 1. The van der Waals surface area contributed by atoms with E-state index in [0.717, 1.165) is 12.1 Å². The zero-order chi connectivity index (χ0) is 26.7. The van der Waals surface area contributed by atoms with E-state index < -0.39 is 70.0 Å². The van der Waals surface area contributed by atoms with Gasteiger partial charge in [0, 0.05) is 5.56 Å². The first-order chi connectivity index (χ1) is 16.1. The molecule has 2 aromatic carbocycles. The largest absolute Gasteiger partial charge is 0.416 e. The standard InChI is InChI=1S/C10H6F5N3.C10H4F5NO/c11-6-3-4(10(13,14)15)1-2-5(6)8-7(12)9(16)18-17-8;11-7-3-5(10(13,14)15)1-2-6(7)9(17)8(12)4-16/h1-3H,(H3,16,17,18);1-3,8H. The zero-order valence-corrected chi connectivity index (χ0v) is 16.7. The van der Waals surface area contributed by atoms with Crippen LogP contribution in [0.4, 0.5) is 49.7 Å². The summed E-state index contributed by atoms with van der Waals surface area (Å²) in [6.45, 7) is 0. The van der Waals surface area contributed by atoms with E-state index in [0.29, 0.717) is 18.2 Å². The molecule has 1 aromatic heterocycles. The highest BCUT2D eigenvalue weighted by atomic mass is 19.4. The fraction of sp³-hybridized carbons (Fsp3) is 0.150. The average molecular weight is 512 g/mol. The SMILES string of the molecule is N#CC(F)C(=O)c1ccc(C(F)(F)F)cc1F.Nc1n[nH]c(-c2ccc(C(F)(F)F)cc2F)c1F. The maximum Gasteiger partial charge on any atom is 0.416 e. The molecule has 0 saturated heterocycles. The Kier molecular flexibility index (Phi) is 7.79. The first-order valence-corrected chi connectivity index (χ1v) is 8.89. The van der Waals surface area contributed by atoms with Crippen LogP contribution in [0.25, 0.3) is 11.3 Å². The molecule has 0 aliphatic heterocycles. The van der Waals surface area contributed by atoms with Crippen LogP contribution in [-0.4, -0.2) is 22.2 Å². The Hall–Kier alpha value is -4.09. The summed E-state index contributed by atoms with van der Waals surface area (Å²) in [7, 11) is 0. The first-order valence-electron chi connectivity index (χ1n) is 8.89. The van der Waals surface area contributed by atoms with Crippen LogP contribution in [0.1, 0.15) is 21.5 Å². The summed E-state index contributed by atoms with van der Waals surface area (Å²) < 4.78 is 126. The van der Waals surface area contributed by atoms with E-state index in [-0.39, 0.29) is 17.7 Å². The highest BCUT2D eigenvalue weighted by Crippen LogP contribution is 2.33. The fourth-order valence-electron chi connectivity index (χ4n) is 2.50. The molecule has 3 aromatic rings. The molecule has 1 heterocycles. The molecule has 1 unspecified atom stereocenters. The van der Waals surface area contributed by atoms with E-state index in [2.05, 4.69) is 10.2 Å². The highest BCUT2D eigenvalue weighted by molar-refractivity contribution is 6.01. The number of benzene rings is 2. The number of nitrogens with one attached hydrogen (secondary N) is 1. The minimum Gasteiger partial charge on any atom is -0.380 e. The third kappa shape index (κ3) is 6.28. The second kappa shape index (κ2) is 10.0. The van der Waals surface area contributed by atoms with Gasteiger partial charge in [0.1, 0.15) is 23.4 Å². The van der Waals surface area contributed by atoms with Crippen molar-refractivity contribution in [1.29, 1.82) is 5.26 Å². The van der Waals surface area contributed by atoms with Gasteiger partial charge in [-0.15, -0.1) is 0 Å². The van der Waals surface area contributed by atoms with E-state index in [4.69, 9.17) is 11.0 Å². The van der Waals surface area contributed by atoms with E-state index in [9.17, 15) is 48.7 Å². The molecule has 1 atom stereocenters. The Bertz CT molecular complexity index is 1270. The number of H-pyrrole nitrogens is 1. The van der Waals surface area contributed by atoms with Crippen LogP contribution in [0.2, 0.25) is 0 Å². The van der Waals surface area contributed by atoms with Gasteiger partial charge in [-0.3, -0.25) is 9.89 Å². The summed E-state index contributed by atoms with van der Waals surface area (Å²) in [5, 5.41) is 13.5. The van der Waals surface area contributed by atoms with Gasteiger partial charge in [-0.1, -0.05) is 0 Å². The van der Waals surface area contributed by atoms with Crippen LogP contribution < -0.4 is 5.73 Å². The summed E-state index contributed by atoms with van der Waals surface area (Å²) in [6.07, 6.45) is -12.0. The lowest BCUT2D eigenvalue weighted by atomic mass is 10.0. The Morgan fingerprint density at radius 1 is 0.943 bits per heavy atom. The van der Waals surface area contributed by atoms with Gasteiger partial charge in [-0.2, -0.15) is 36.7 Å². The molecule has 0 bridgehead atoms. The van der Waals surface area contributed by atoms with Crippen molar-refractivity contribution in [3.05, 3.63) is 70.5 Å². The van der Waals surface area contributed by atoms with E-state index in [1.165, 1.54) is 0 Å². The third-order valence-electron chi connectivity index (χ3n) is 4.20. The minimum atomic E-state index is -4.76. The van der Waals surface area contributed by atoms with Gasteiger partial charge >= 0.3 is 12.4 Å². The Morgan fingerprint density at radius 3 is 1.86 bits per heavy atom. The number of carbonyl (C=O) groups excluding carboxylic acids is 1. The van der Waals surface area contributed by atoms with Crippen molar-refractivity contribution in [1.82, 2.24) is 10.2 Å². The van der Waals surface area contributed by atoms with Crippen LogP contribution in [0.5, 0.6) is 0 Å². The molecule has 0 spiro atoms. The smallest absolute Gasteiger partial charge is 0.380 e. The Labute approximate surface area is 188 Å². The summed E-state index contributed by atoms with van der Waals surface area (Å²) in [4.78, 5) is 11.0. The number of alkyl halides is 7. The lowest BCUT2D eigenvalue weighted by molar-refractivity contribution is -0.138. The van der Waals surface area contributed by atoms with Gasteiger partial charge in [0.2, 0.25) is 12.0 Å². The molecule has 35 heavy (non-hydrogen) atoms. The van der Waals surface area contributed by atoms with Crippen LogP contribution in [0, 0.1) is 28.8 Å². The van der Waals surface area contributed by atoms with Crippen LogP contribution in [0.3, 0.4) is 0 Å². The van der Waals surface area contributed by atoms with Gasteiger partial charge in [0.15, 0.2) is 11.6 Å². The lowest BCUT2D eigenvalue weighted by Crippen LogP contribution is -2.16. The number of rotatable bonds is 3. The number of aromatic amines is 1. The number of carbonyl (C=O) groups is 1. The fourth-order valence-corrected chi connectivity index (χ4v) is 2.50. The highest BCUT2D eigenvalue weighted by Gasteiger charge is 2.33. The van der Waals surface area contributed by atoms with Crippen LogP contribution in [0.15, 0.2) is 36.4 Å².